The molecule has 1 aromatic carbocycles. The maximum atomic E-state index is 12.8. The van der Waals surface area contributed by atoms with Crippen molar-refractivity contribution in [3.05, 3.63) is 35.9 Å². The average Bonchev–Trinajstić information content (AvgIpc) is 2.57. The summed E-state index contributed by atoms with van der Waals surface area (Å²) in [6.45, 7) is 2.51. The van der Waals surface area contributed by atoms with Gasteiger partial charge >= 0.3 is 5.97 Å². The minimum absolute atomic E-state index is 0.0303. The Hall–Kier alpha value is -1.97. The summed E-state index contributed by atoms with van der Waals surface area (Å²) in [7, 11) is -2.50. The third-order valence-corrected chi connectivity index (χ3v) is 5.90. The number of benzene rings is 1. The molecule has 0 aliphatic carbocycles. The number of carboxylic acid groups (broad SMARTS) is 1. The van der Waals surface area contributed by atoms with E-state index in [1.807, 2.05) is 30.3 Å². The molecule has 146 valence electrons. The van der Waals surface area contributed by atoms with Crippen LogP contribution in [-0.2, 0) is 30.8 Å². The van der Waals surface area contributed by atoms with Crippen LogP contribution in [0.2, 0.25) is 0 Å². The highest BCUT2D eigenvalue weighted by Crippen LogP contribution is 2.13. The SMILES string of the molecule is COC(Cc1ccccc1)CS(=O)(=O)N(CCNC(C)=O)C(C)C(=O)O. The number of nitrogens with one attached hydrogen (secondary N) is 1. The van der Waals surface area contributed by atoms with Crippen LogP contribution in [0.3, 0.4) is 0 Å². The highest BCUT2D eigenvalue weighted by atomic mass is 32.2. The van der Waals surface area contributed by atoms with Gasteiger partial charge in [0.25, 0.3) is 0 Å². The van der Waals surface area contributed by atoms with E-state index >= 15 is 0 Å². The average molecular weight is 386 g/mol. The molecule has 2 unspecified atom stereocenters. The molecule has 1 aromatic rings. The molecule has 1 rings (SSSR count). The highest BCUT2D eigenvalue weighted by Gasteiger charge is 2.33. The van der Waals surface area contributed by atoms with Gasteiger partial charge in [0.15, 0.2) is 0 Å². The van der Waals surface area contributed by atoms with Crippen LogP contribution in [0.5, 0.6) is 0 Å². The lowest BCUT2D eigenvalue weighted by Crippen LogP contribution is -2.49. The number of amides is 1. The molecule has 0 heterocycles. The zero-order valence-electron chi connectivity index (χ0n) is 15.2. The van der Waals surface area contributed by atoms with Crippen LogP contribution in [-0.4, -0.2) is 67.8 Å². The number of sulfonamides is 1. The van der Waals surface area contributed by atoms with Crippen LogP contribution in [0, 0.1) is 0 Å². The molecule has 2 N–H and O–H groups in total. The highest BCUT2D eigenvalue weighted by molar-refractivity contribution is 7.89. The summed E-state index contributed by atoms with van der Waals surface area (Å²) in [4.78, 5) is 22.3. The van der Waals surface area contributed by atoms with Gasteiger partial charge in [0, 0.05) is 27.1 Å². The van der Waals surface area contributed by atoms with Gasteiger partial charge in [-0.3, -0.25) is 9.59 Å². The Bertz CT molecular complexity index is 692. The minimum atomic E-state index is -3.92. The molecule has 9 heteroatoms. The molecule has 0 aliphatic heterocycles. The molecule has 0 fully saturated rings. The van der Waals surface area contributed by atoms with Crippen molar-refractivity contribution in [3.63, 3.8) is 0 Å². The molecule has 0 saturated carbocycles. The van der Waals surface area contributed by atoms with Gasteiger partial charge in [0.05, 0.1) is 11.9 Å². The quantitative estimate of drug-likeness (QED) is 0.572. The Labute approximate surface area is 154 Å². The summed E-state index contributed by atoms with van der Waals surface area (Å²) in [5.41, 5.74) is 0.922. The molecule has 2 atom stereocenters. The predicted octanol–water partition coefficient (Wildman–Crippen LogP) is 0.485. The predicted molar refractivity (Wildman–Crippen MR) is 97.2 cm³/mol. The van der Waals surface area contributed by atoms with Crippen molar-refractivity contribution in [2.45, 2.75) is 32.4 Å². The maximum Gasteiger partial charge on any atom is 0.321 e. The number of hydrogen-bond donors (Lipinski definition) is 2. The second-order valence-corrected chi connectivity index (χ2v) is 7.90. The summed E-state index contributed by atoms with van der Waals surface area (Å²) in [5, 5.41) is 11.7. The van der Waals surface area contributed by atoms with Crippen molar-refractivity contribution in [2.24, 2.45) is 0 Å². The van der Waals surface area contributed by atoms with Crippen LogP contribution < -0.4 is 5.32 Å². The lowest BCUT2D eigenvalue weighted by atomic mass is 10.1. The minimum Gasteiger partial charge on any atom is -0.480 e. The van der Waals surface area contributed by atoms with Crippen molar-refractivity contribution in [3.8, 4) is 0 Å². The lowest BCUT2D eigenvalue weighted by molar-refractivity contribution is -0.140. The van der Waals surface area contributed by atoms with Crippen molar-refractivity contribution >= 4 is 21.9 Å². The molecule has 0 spiro atoms. The van der Waals surface area contributed by atoms with Crippen LogP contribution >= 0.6 is 0 Å². The number of nitrogens with zero attached hydrogens (tertiary/aromatic N) is 1. The number of carboxylic acids is 1. The van der Waals surface area contributed by atoms with E-state index in [0.29, 0.717) is 6.42 Å². The molecule has 26 heavy (non-hydrogen) atoms. The number of carbonyl (C=O) groups excluding carboxylic acids is 1. The molecule has 0 bridgehead atoms. The molecule has 0 radical (unpaired) electrons. The van der Waals surface area contributed by atoms with Gasteiger partial charge in [0.1, 0.15) is 6.04 Å². The van der Waals surface area contributed by atoms with Gasteiger partial charge in [-0.05, 0) is 18.9 Å². The number of aliphatic carboxylic acids is 1. The normalized spacial score (nSPS) is 14.0. The fourth-order valence-corrected chi connectivity index (χ4v) is 4.31. The summed E-state index contributed by atoms with van der Waals surface area (Å²) >= 11 is 0. The fourth-order valence-electron chi connectivity index (χ4n) is 2.46. The third-order valence-electron chi connectivity index (χ3n) is 3.89. The van der Waals surface area contributed by atoms with Crippen LogP contribution in [0.25, 0.3) is 0 Å². The first-order valence-corrected chi connectivity index (χ1v) is 9.81. The molecule has 0 saturated heterocycles. The van der Waals surface area contributed by atoms with E-state index in [4.69, 9.17) is 4.74 Å². The monoisotopic (exact) mass is 386 g/mol. The summed E-state index contributed by atoms with van der Waals surface area (Å²) < 4.78 is 31.8. The van der Waals surface area contributed by atoms with Gasteiger partial charge in [-0.15, -0.1) is 0 Å². The van der Waals surface area contributed by atoms with E-state index in [1.54, 1.807) is 0 Å². The third kappa shape index (κ3) is 7.11. The second kappa shape index (κ2) is 10.2. The standard InChI is InChI=1S/C17H26N2O6S/c1-13(17(21)22)19(10-9-18-14(2)20)26(23,24)12-16(25-3)11-15-7-5-4-6-8-15/h4-8,13,16H,9-12H2,1-3H3,(H,18,20)(H,21,22). The van der Waals surface area contributed by atoms with Crippen molar-refractivity contribution in [1.82, 2.24) is 9.62 Å². The fraction of sp³-hybridized carbons (Fsp3) is 0.529. The maximum absolute atomic E-state index is 12.8. The first-order chi connectivity index (χ1) is 12.2. The first kappa shape index (κ1) is 22.1. The molecular formula is C17H26N2O6S. The molecule has 8 nitrogen and oxygen atoms in total. The topological polar surface area (TPSA) is 113 Å². The summed E-state index contributed by atoms with van der Waals surface area (Å²) in [5.74, 6) is -1.92. The van der Waals surface area contributed by atoms with Gasteiger partial charge in [0.2, 0.25) is 15.9 Å². The summed E-state index contributed by atoms with van der Waals surface area (Å²) in [6.07, 6.45) is -0.232. The number of carbonyl (C=O) groups is 2. The van der Waals surface area contributed by atoms with Crippen molar-refractivity contribution < 1.29 is 27.9 Å². The van der Waals surface area contributed by atoms with E-state index in [0.717, 1.165) is 9.87 Å². The van der Waals surface area contributed by atoms with Crippen LogP contribution in [0.1, 0.15) is 19.4 Å². The van der Waals surface area contributed by atoms with E-state index in [1.165, 1.54) is 21.0 Å². The van der Waals surface area contributed by atoms with E-state index in [9.17, 15) is 23.1 Å². The molecule has 0 aliphatic rings. The van der Waals surface area contributed by atoms with Crippen LogP contribution in [0.15, 0.2) is 30.3 Å². The number of rotatable bonds is 11. The number of ether oxygens (including phenoxy) is 1. The van der Waals surface area contributed by atoms with E-state index in [-0.39, 0.29) is 24.7 Å². The Morgan fingerprint density at radius 3 is 2.38 bits per heavy atom. The lowest BCUT2D eigenvalue weighted by Gasteiger charge is -2.27. The van der Waals surface area contributed by atoms with Gasteiger partial charge < -0.3 is 15.2 Å². The summed E-state index contributed by atoms with van der Waals surface area (Å²) in [6, 6.07) is 8.05. The van der Waals surface area contributed by atoms with Crippen molar-refractivity contribution in [2.75, 3.05) is 26.0 Å². The Kier molecular flexibility index (Phi) is 8.70. The van der Waals surface area contributed by atoms with Crippen molar-refractivity contribution in [1.29, 1.82) is 0 Å². The smallest absolute Gasteiger partial charge is 0.321 e. The molecular weight excluding hydrogens is 360 g/mol. The Balaban J connectivity index is 2.90. The van der Waals surface area contributed by atoms with Gasteiger partial charge in [-0.1, -0.05) is 30.3 Å². The zero-order chi connectivity index (χ0) is 19.7. The van der Waals surface area contributed by atoms with E-state index in [2.05, 4.69) is 5.32 Å². The van der Waals surface area contributed by atoms with Gasteiger partial charge in [-0.25, -0.2) is 8.42 Å². The Morgan fingerprint density at radius 1 is 1.27 bits per heavy atom. The van der Waals surface area contributed by atoms with Crippen LogP contribution in [0.4, 0.5) is 0 Å². The largest absolute Gasteiger partial charge is 0.480 e. The number of hydrogen-bond acceptors (Lipinski definition) is 5. The van der Waals surface area contributed by atoms with Gasteiger partial charge in [-0.2, -0.15) is 4.31 Å². The molecule has 0 aromatic heterocycles. The number of methoxy groups -OCH3 is 1. The molecule has 1 amide bonds. The zero-order valence-corrected chi connectivity index (χ0v) is 16.0. The Morgan fingerprint density at radius 2 is 1.88 bits per heavy atom. The van der Waals surface area contributed by atoms with E-state index < -0.39 is 28.1 Å². The first-order valence-electron chi connectivity index (χ1n) is 8.21. The second-order valence-electron chi connectivity index (χ2n) is 5.93.